The third-order valence-corrected chi connectivity index (χ3v) is 4.71. The van der Waals surface area contributed by atoms with Crippen molar-refractivity contribution < 1.29 is 14.3 Å². The van der Waals surface area contributed by atoms with Gasteiger partial charge in [0.1, 0.15) is 6.33 Å². The van der Waals surface area contributed by atoms with Crippen molar-refractivity contribution in [1.82, 2.24) is 20.2 Å². The number of carbonyl (C=O) groups is 2. The first kappa shape index (κ1) is 17.8. The Balaban J connectivity index is 1.40. The zero-order valence-corrected chi connectivity index (χ0v) is 15.3. The second-order valence-electron chi connectivity index (χ2n) is 6.68. The number of nitrogens with one attached hydrogen (secondary N) is 1. The summed E-state index contributed by atoms with van der Waals surface area (Å²) in [7, 11) is 0. The van der Waals surface area contributed by atoms with Crippen LogP contribution in [-0.4, -0.2) is 38.2 Å². The summed E-state index contributed by atoms with van der Waals surface area (Å²) in [6, 6.07) is 12.6. The van der Waals surface area contributed by atoms with E-state index in [1.807, 2.05) is 18.2 Å². The van der Waals surface area contributed by atoms with Crippen molar-refractivity contribution in [3.63, 3.8) is 0 Å². The minimum atomic E-state index is -0.933. The SMILES string of the molecule is CC(OC(=O)c1cccc(-n2cnnn2)c1)C(=O)Nc1ccc2c(c1)CCC2. The molecule has 0 saturated heterocycles. The molecule has 4 rings (SSSR count). The summed E-state index contributed by atoms with van der Waals surface area (Å²) >= 11 is 0. The van der Waals surface area contributed by atoms with Gasteiger partial charge in [-0.15, -0.1) is 5.10 Å². The number of ether oxygens (including phenoxy) is 1. The highest BCUT2D eigenvalue weighted by Crippen LogP contribution is 2.25. The summed E-state index contributed by atoms with van der Waals surface area (Å²) in [5.41, 5.74) is 4.25. The van der Waals surface area contributed by atoms with Crippen molar-refractivity contribution in [2.45, 2.75) is 32.3 Å². The summed E-state index contributed by atoms with van der Waals surface area (Å²) in [6.07, 6.45) is 3.75. The Morgan fingerprint density at radius 2 is 2.00 bits per heavy atom. The molecule has 1 aliphatic carbocycles. The molecule has 0 spiro atoms. The Hall–Kier alpha value is -3.55. The number of nitrogens with zero attached hydrogens (tertiary/aromatic N) is 4. The Kier molecular flexibility index (Phi) is 4.84. The summed E-state index contributed by atoms with van der Waals surface area (Å²) in [6.45, 7) is 1.55. The normalized spacial score (nSPS) is 13.6. The van der Waals surface area contributed by atoms with Gasteiger partial charge < -0.3 is 10.1 Å². The van der Waals surface area contributed by atoms with Gasteiger partial charge in [0.15, 0.2) is 6.10 Å². The van der Waals surface area contributed by atoms with E-state index in [2.05, 4.69) is 20.8 Å². The van der Waals surface area contributed by atoms with E-state index in [1.165, 1.54) is 22.1 Å². The van der Waals surface area contributed by atoms with E-state index in [4.69, 9.17) is 4.74 Å². The highest BCUT2D eigenvalue weighted by atomic mass is 16.5. The topological polar surface area (TPSA) is 99.0 Å². The van der Waals surface area contributed by atoms with Crippen molar-refractivity contribution in [3.8, 4) is 5.69 Å². The number of tetrazole rings is 1. The van der Waals surface area contributed by atoms with Crippen LogP contribution in [0.15, 0.2) is 48.8 Å². The lowest BCUT2D eigenvalue weighted by molar-refractivity contribution is -0.123. The Morgan fingerprint density at radius 1 is 1.14 bits per heavy atom. The van der Waals surface area contributed by atoms with E-state index in [1.54, 1.807) is 31.2 Å². The molecule has 0 radical (unpaired) electrons. The number of anilines is 1. The number of aromatic nitrogens is 4. The number of benzene rings is 2. The van der Waals surface area contributed by atoms with Crippen molar-refractivity contribution in [2.24, 2.45) is 0 Å². The van der Waals surface area contributed by atoms with Gasteiger partial charge in [-0.3, -0.25) is 4.79 Å². The first-order valence-corrected chi connectivity index (χ1v) is 9.07. The summed E-state index contributed by atoms with van der Waals surface area (Å²) in [5, 5.41) is 13.7. The highest BCUT2D eigenvalue weighted by molar-refractivity contribution is 5.97. The van der Waals surface area contributed by atoms with E-state index in [-0.39, 0.29) is 5.91 Å². The van der Waals surface area contributed by atoms with Crippen LogP contribution < -0.4 is 5.32 Å². The molecular weight excluding hydrogens is 358 g/mol. The molecule has 142 valence electrons. The van der Waals surface area contributed by atoms with Gasteiger partial charge in [-0.2, -0.15) is 0 Å². The quantitative estimate of drug-likeness (QED) is 0.685. The maximum absolute atomic E-state index is 12.4. The minimum Gasteiger partial charge on any atom is -0.449 e. The van der Waals surface area contributed by atoms with Gasteiger partial charge in [0.25, 0.3) is 5.91 Å². The average Bonchev–Trinajstić information content (AvgIpc) is 3.39. The Bertz CT molecular complexity index is 1020. The number of fused-ring (bicyclic) bond motifs is 1. The van der Waals surface area contributed by atoms with Crippen LogP contribution in [0.5, 0.6) is 0 Å². The number of hydrogen-bond acceptors (Lipinski definition) is 6. The molecule has 8 heteroatoms. The van der Waals surface area contributed by atoms with Crippen LogP contribution in [0, 0.1) is 0 Å². The molecular formula is C20H19N5O3. The largest absolute Gasteiger partial charge is 0.449 e. The molecule has 0 aliphatic heterocycles. The van der Waals surface area contributed by atoms with E-state index in [0.29, 0.717) is 16.9 Å². The maximum atomic E-state index is 12.4. The summed E-state index contributed by atoms with van der Waals surface area (Å²) in [5.74, 6) is -0.963. The lowest BCUT2D eigenvalue weighted by Crippen LogP contribution is -2.30. The number of carbonyl (C=O) groups excluding carboxylic acids is 2. The maximum Gasteiger partial charge on any atom is 0.338 e. The van der Waals surface area contributed by atoms with Crippen LogP contribution >= 0.6 is 0 Å². The summed E-state index contributed by atoms with van der Waals surface area (Å²) < 4.78 is 6.75. The molecule has 1 heterocycles. The van der Waals surface area contributed by atoms with Gasteiger partial charge in [-0.05, 0) is 78.1 Å². The van der Waals surface area contributed by atoms with E-state index in [0.717, 1.165) is 19.3 Å². The van der Waals surface area contributed by atoms with Gasteiger partial charge in [0.2, 0.25) is 0 Å². The van der Waals surface area contributed by atoms with Crippen LogP contribution in [0.25, 0.3) is 5.69 Å². The van der Waals surface area contributed by atoms with Crippen LogP contribution in [0.1, 0.15) is 34.8 Å². The molecule has 1 amide bonds. The Labute approximate surface area is 161 Å². The van der Waals surface area contributed by atoms with Gasteiger partial charge in [-0.1, -0.05) is 12.1 Å². The number of rotatable bonds is 5. The van der Waals surface area contributed by atoms with E-state index >= 15 is 0 Å². The molecule has 1 atom stereocenters. The van der Waals surface area contributed by atoms with Gasteiger partial charge in [0.05, 0.1) is 11.3 Å². The highest BCUT2D eigenvalue weighted by Gasteiger charge is 2.20. The van der Waals surface area contributed by atoms with Crippen molar-refractivity contribution in [1.29, 1.82) is 0 Å². The number of amides is 1. The molecule has 1 unspecified atom stereocenters. The minimum absolute atomic E-state index is 0.310. The number of aryl methyl sites for hydroxylation is 2. The molecule has 1 N–H and O–H groups in total. The standard InChI is InChI=1S/C20H19N5O3/c1-13(19(26)22-17-9-8-14-4-2-5-15(14)10-17)28-20(27)16-6-3-7-18(11-16)25-12-21-23-24-25/h3,6-13H,2,4-5H2,1H3,(H,22,26). The van der Waals surface area contributed by atoms with Crippen LogP contribution in [0.2, 0.25) is 0 Å². The predicted octanol–water partition coefficient (Wildman–Crippen LogP) is 2.33. The summed E-state index contributed by atoms with van der Waals surface area (Å²) in [4.78, 5) is 24.8. The monoisotopic (exact) mass is 377 g/mol. The van der Waals surface area contributed by atoms with Crippen molar-refractivity contribution in [2.75, 3.05) is 5.32 Å². The molecule has 0 fully saturated rings. The molecule has 1 aliphatic rings. The van der Waals surface area contributed by atoms with Crippen LogP contribution in [-0.2, 0) is 22.4 Å². The number of esters is 1. The molecule has 28 heavy (non-hydrogen) atoms. The predicted molar refractivity (Wildman–Crippen MR) is 101 cm³/mol. The average molecular weight is 377 g/mol. The van der Waals surface area contributed by atoms with Crippen LogP contribution in [0.3, 0.4) is 0 Å². The fourth-order valence-corrected chi connectivity index (χ4v) is 3.23. The van der Waals surface area contributed by atoms with Crippen molar-refractivity contribution in [3.05, 3.63) is 65.5 Å². The second kappa shape index (κ2) is 7.59. The van der Waals surface area contributed by atoms with Gasteiger partial charge >= 0.3 is 5.97 Å². The van der Waals surface area contributed by atoms with Crippen molar-refractivity contribution >= 4 is 17.6 Å². The molecule has 2 aromatic carbocycles. The van der Waals surface area contributed by atoms with E-state index < -0.39 is 12.1 Å². The number of hydrogen-bond donors (Lipinski definition) is 1. The molecule has 8 nitrogen and oxygen atoms in total. The lowest BCUT2D eigenvalue weighted by Gasteiger charge is -2.14. The molecule has 0 bridgehead atoms. The second-order valence-corrected chi connectivity index (χ2v) is 6.68. The third-order valence-electron chi connectivity index (χ3n) is 4.71. The lowest BCUT2D eigenvalue weighted by atomic mass is 10.1. The fraction of sp³-hybridized carbons (Fsp3) is 0.250. The fourth-order valence-electron chi connectivity index (χ4n) is 3.23. The molecule has 0 saturated carbocycles. The first-order chi connectivity index (χ1) is 13.6. The van der Waals surface area contributed by atoms with Gasteiger partial charge in [0, 0.05) is 5.69 Å². The first-order valence-electron chi connectivity index (χ1n) is 9.07. The van der Waals surface area contributed by atoms with E-state index in [9.17, 15) is 9.59 Å². The Morgan fingerprint density at radius 3 is 2.82 bits per heavy atom. The zero-order valence-electron chi connectivity index (χ0n) is 15.3. The smallest absolute Gasteiger partial charge is 0.338 e. The zero-order chi connectivity index (χ0) is 19.5. The van der Waals surface area contributed by atoms with Crippen LogP contribution in [0.4, 0.5) is 5.69 Å². The molecule has 3 aromatic rings. The van der Waals surface area contributed by atoms with Gasteiger partial charge in [-0.25, -0.2) is 9.48 Å². The third kappa shape index (κ3) is 3.75. The molecule has 1 aromatic heterocycles.